The summed E-state index contributed by atoms with van der Waals surface area (Å²) in [5, 5.41) is 3.20. The number of pyridine rings is 2. The zero-order valence-corrected chi connectivity index (χ0v) is 12.0. The molecule has 0 aliphatic rings. The van der Waals surface area contributed by atoms with Gasteiger partial charge in [-0.15, -0.1) is 0 Å². The number of fused-ring (bicyclic) bond motifs is 1. The van der Waals surface area contributed by atoms with Gasteiger partial charge in [0.2, 0.25) is 0 Å². The first kappa shape index (κ1) is 13.5. The molecule has 0 unspecified atom stereocenters. The fourth-order valence-corrected chi connectivity index (χ4v) is 2.44. The first-order valence-corrected chi connectivity index (χ1v) is 7.05. The molecule has 0 atom stereocenters. The van der Waals surface area contributed by atoms with Gasteiger partial charge in [0.25, 0.3) is 5.56 Å². The molecule has 3 aromatic rings. The number of quaternary nitrogens is 1. The molecule has 0 aliphatic carbocycles. The second kappa shape index (κ2) is 5.89. The number of H-pyrrole nitrogens is 1. The average Bonchev–Trinajstić information content (AvgIpc) is 2.49. The van der Waals surface area contributed by atoms with Gasteiger partial charge in [0.15, 0.2) is 0 Å². The molecule has 3 rings (SSSR count). The van der Waals surface area contributed by atoms with Crippen LogP contribution in [-0.4, -0.2) is 9.97 Å². The van der Waals surface area contributed by atoms with E-state index in [1.165, 1.54) is 5.56 Å². The predicted molar refractivity (Wildman–Crippen MR) is 82.9 cm³/mol. The van der Waals surface area contributed by atoms with Crippen molar-refractivity contribution in [1.29, 1.82) is 0 Å². The van der Waals surface area contributed by atoms with Gasteiger partial charge < -0.3 is 10.3 Å². The van der Waals surface area contributed by atoms with E-state index in [0.717, 1.165) is 28.6 Å². The van der Waals surface area contributed by atoms with Crippen molar-refractivity contribution in [2.24, 2.45) is 0 Å². The maximum atomic E-state index is 12.1. The highest BCUT2D eigenvalue weighted by Crippen LogP contribution is 2.12. The van der Waals surface area contributed by atoms with Crippen molar-refractivity contribution >= 4 is 10.9 Å². The minimum Gasteiger partial charge on any atom is -0.339 e. The quantitative estimate of drug-likeness (QED) is 0.760. The second-order valence-corrected chi connectivity index (χ2v) is 5.27. The monoisotopic (exact) mass is 280 g/mol. The van der Waals surface area contributed by atoms with Gasteiger partial charge >= 0.3 is 0 Å². The highest BCUT2D eigenvalue weighted by Gasteiger charge is 2.05. The minimum atomic E-state index is -0.00575. The summed E-state index contributed by atoms with van der Waals surface area (Å²) < 4.78 is 0. The van der Waals surface area contributed by atoms with Gasteiger partial charge in [0.05, 0.1) is 5.56 Å². The Balaban J connectivity index is 1.77. The molecule has 0 spiro atoms. The first-order chi connectivity index (χ1) is 10.2. The van der Waals surface area contributed by atoms with E-state index < -0.39 is 0 Å². The molecule has 4 heteroatoms. The third kappa shape index (κ3) is 3.17. The van der Waals surface area contributed by atoms with Gasteiger partial charge in [-0.3, -0.25) is 9.78 Å². The van der Waals surface area contributed by atoms with Crippen molar-refractivity contribution in [2.45, 2.75) is 20.0 Å². The summed E-state index contributed by atoms with van der Waals surface area (Å²) in [6.07, 6.45) is 3.62. The lowest BCUT2D eigenvalue weighted by molar-refractivity contribution is -0.686. The molecule has 4 nitrogen and oxygen atoms in total. The lowest BCUT2D eigenvalue weighted by Gasteiger charge is -2.04. The number of hydrogen-bond acceptors (Lipinski definition) is 2. The van der Waals surface area contributed by atoms with Gasteiger partial charge in [0, 0.05) is 23.5 Å². The molecule has 0 saturated carbocycles. The lowest BCUT2D eigenvalue weighted by atomic mass is 10.1. The van der Waals surface area contributed by atoms with E-state index in [2.05, 4.69) is 28.3 Å². The molecule has 0 fully saturated rings. The van der Waals surface area contributed by atoms with Crippen LogP contribution in [0.15, 0.2) is 53.6 Å². The van der Waals surface area contributed by atoms with E-state index in [4.69, 9.17) is 0 Å². The van der Waals surface area contributed by atoms with Crippen LogP contribution in [0.5, 0.6) is 0 Å². The molecule has 0 amide bonds. The summed E-state index contributed by atoms with van der Waals surface area (Å²) in [6, 6.07) is 12.0. The molecule has 0 saturated heterocycles. The van der Waals surface area contributed by atoms with Gasteiger partial charge in [-0.25, -0.2) is 0 Å². The summed E-state index contributed by atoms with van der Waals surface area (Å²) in [7, 11) is 0. The van der Waals surface area contributed by atoms with Gasteiger partial charge in [0.1, 0.15) is 13.1 Å². The molecule has 0 aliphatic heterocycles. The molecule has 2 heterocycles. The normalized spacial score (nSPS) is 10.9. The molecular formula is C17H18N3O+. The minimum absolute atomic E-state index is 0.00575. The Bertz CT molecular complexity index is 809. The molecule has 1 aromatic carbocycles. The third-order valence-corrected chi connectivity index (χ3v) is 3.54. The van der Waals surface area contributed by atoms with Crippen molar-refractivity contribution in [3.63, 3.8) is 0 Å². The van der Waals surface area contributed by atoms with Crippen LogP contribution in [-0.2, 0) is 13.1 Å². The highest BCUT2D eigenvalue weighted by atomic mass is 16.1. The van der Waals surface area contributed by atoms with Gasteiger partial charge in [-0.2, -0.15) is 0 Å². The number of hydrogen-bond donors (Lipinski definition) is 2. The Kier molecular flexibility index (Phi) is 3.79. The fraction of sp³-hybridized carbons (Fsp3) is 0.176. The molecule has 0 bridgehead atoms. The van der Waals surface area contributed by atoms with Crippen molar-refractivity contribution in [2.75, 3.05) is 0 Å². The van der Waals surface area contributed by atoms with Crippen LogP contribution in [0.2, 0.25) is 0 Å². The van der Waals surface area contributed by atoms with E-state index in [1.807, 2.05) is 36.5 Å². The fourth-order valence-electron chi connectivity index (χ4n) is 2.44. The van der Waals surface area contributed by atoms with Crippen LogP contribution in [0, 0.1) is 6.92 Å². The molecule has 21 heavy (non-hydrogen) atoms. The van der Waals surface area contributed by atoms with E-state index in [0.29, 0.717) is 6.54 Å². The number of aromatic nitrogens is 2. The van der Waals surface area contributed by atoms with Crippen molar-refractivity contribution in [1.82, 2.24) is 9.97 Å². The molecule has 2 aromatic heterocycles. The summed E-state index contributed by atoms with van der Waals surface area (Å²) in [5.41, 5.74) is 4.04. The van der Waals surface area contributed by atoms with Crippen LogP contribution in [0.3, 0.4) is 0 Å². The Morgan fingerprint density at radius 1 is 1.19 bits per heavy atom. The van der Waals surface area contributed by atoms with Crippen molar-refractivity contribution in [3.05, 3.63) is 75.8 Å². The molecule has 0 radical (unpaired) electrons. The Morgan fingerprint density at radius 3 is 2.90 bits per heavy atom. The summed E-state index contributed by atoms with van der Waals surface area (Å²) in [5.74, 6) is 0. The Labute approximate surface area is 122 Å². The number of aryl methyl sites for hydroxylation is 1. The highest BCUT2D eigenvalue weighted by molar-refractivity contribution is 5.79. The van der Waals surface area contributed by atoms with Crippen LogP contribution >= 0.6 is 0 Å². The second-order valence-electron chi connectivity index (χ2n) is 5.27. The number of rotatable bonds is 4. The number of nitrogens with two attached hydrogens (primary N) is 1. The first-order valence-electron chi connectivity index (χ1n) is 7.05. The Morgan fingerprint density at radius 2 is 2.10 bits per heavy atom. The van der Waals surface area contributed by atoms with Crippen LogP contribution < -0.4 is 10.9 Å². The van der Waals surface area contributed by atoms with Gasteiger partial charge in [-0.05, 0) is 36.6 Å². The van der Waals surface area contributed by atoms with Crippen molar-refractivity contribution < 1.29 is 5.32 Å². The molecule has 106 valence electrons. The number of aromatic amines is 1. The summed E-state index contributed by atoms with van der Waals surface area (Å²) in [4.78, 5) is 19.1. The van der Waals surface area contributed by atoms with Crippen molar-refractivity contribution in [3.8, 4) is 0 Å². The van der Waals surface area contributed by atoms with Crippen LogP contribution in [0.4, 0.5) is 0 Å². The van der Waals surface area contributed by atoms with Crippen LogP contribution in [0.25, 0.3) is 10.9 Å². The summed E-state index contributed by atoms with van der Waals surface area (Å²) >= 11 is 0. The number of nitrogens with one attached hydrogen (secondary N) is 1. The van der Waals surface area contributed by atoms with E-state index >= 15 is 0 Å². The van der Waals surface area contributed by atoms with E-state index in [-0.39, 0.29) is 5.56 Å². The number of nitrogens with zero attached hydrogens (tertiary/aromatic N) is 1. The number of benzene rings is 1. The predicted octanol–water partition coefficient (Wildman–Crippen LogP) is 1.50. The van der Waals surface area contributed by atoms with E-state index in [9.17, 15) is 4.79 Å². The lowest BCUT2D eigenvalue weighted by Crippen LogP contribution is -2.81. The SMILES string of the molecule is Cc1ccc2[nH]c(=O)c(C[NH2+]Cc3cccnc3)cc2c1. The maximum absolute atomic E-state index is 12.1. The maximum Gasteiger partial charge on any atom is 0.257 e. The Hall–Kier alpha value is -2.46. The third-order valence-electron chi connectivity index (χ3n) is 3.54. The largest absolute Gasteiger partial charge is 0.339 e. The summed E-state index contributed by atoms with van der Waals surface area (Å²) in [6.45, 7) is 3.53. The topological polar surface area (TPSA) is 62.4 Å². The smallest absolute Gasteiger partial charge is 0.257 e. The zero-order chi connectivity index (χ0) is 14.7. The molecule has 3 N–H and O–H groups in total. The zero-order valence-electron chi connectivity index (χ0n) is 12.0. The van der Waals surface area contributed by atoms with E-state index in [1.54, 1.807) is 6.20 Å². The average molecular weight is 280 g/mol. The van der Waals surface area contributed by atoms with Crippen LogP contribution in [0.1, 0.15) is 16.7 Å². The molecular weight excluding hydrogens is 262 g/mol. The standard InChI is InChI=1S/C17H17N3O/c1-12-4-5-16-14(7-12)8-15(17(21)20-16)11-19-10-13-3-2-6-18-9-13/h2-9,19H,10-11H2,1H3,(H,20,21)/p+1. The van der Waals surface area contributed by atoms with Gasteiger partial charge in [-0.1, -0.05) is 17.7 Å².